The van der Waals surface area contributed by atoms with Crippen LogP contribution in [0.4, 0.5) is 11.4 Å². The van der Waals surface area contributed by atoms with Crippen LogP contribution in [0, 0.1) is 0 Å². The van der Waals surface area contributed by atoms with Gasteiger partial charge < -0.3 is 46.8 Å². The number of hydrogen-bond acceptors (Lipinski definition) is 12. The molecule has 0 spiro atoms. The number of carboxylic acid groups (broad SMARTS) is 1. The van der Waals surface area contributed by atoms with Crippen LogP contribution >= 0.6 is 0 Å². The molecule has 2 aliphatic rings. The molecule has 14 nitrogen and oxygen atoms in total. The number of carboxylic acids is 1. The van der Waals surface area contributed by atoms with E-state index >= 15 is 0 Å². The predicted molar refractivity (Wildman–Crippen MR) is 144 cm³/mol. The van der Waals surface area contributed by atoms with E-state index in [1.54, 1.807) is 30.3 Å². The van der Waals surface area contributed by atoms with Crippen LogP contribution in [0.15, 0.2) is 47.5 Å². The lowest BCUT2D eigenvalue weighted by Gasteiger charge is -2.23. The predicted octanol–water partition coefficient (Wildman–Crippen LogP) is -0.908. The van der Waals surface area contributed by atoms with Crippen LogP contribution in [-0.4, -0.2) is 93.2 Å². The van der Waals surface area contributed by atoms with Crippen molar-refractivity contribution in [2.24, 2.45) is 4.99 Å². The standard InChI is InChI=1S/C26H32N6O8/c33-15-8-13(7-14(9-15)30-26-28-10-16(34)11-29-26)20(35)5-6-21(36)27-12-19(25(39)40)32-24(38)22-23(37)17-3-1-2-4-18(17)31-22/h1-4,7-9,16,19-20,22,24,31-35,38H,5-6,10-12H2,(H,27,36)(H,39,40)(H2,28,29,30)/t19-,20?,22?,24?/m0/s1. The highest BCUT2D eigenvalue weighted by Gasteiger charge is 2.37. The van der Waals surface area contributed by atoms with E-state index in [9.17, 15) is 39.9 Å². The number of anilines is 2. The van der Waals surface area contributed by atoms with Gasteiger partial charge in [0.15, 0.2) is 11.7 Å². The number of aliphatic hydroxyl groups is 3. The Kier molecular flexibility index (Phi) is 9.16. The largest absolute Gasteiger partial charge is 0.508 e. The number of para-hydroxylation sites is 1. The first-order chi connectivity index (χ1) is 19.1. The number of benzene rings is 2. The number of Topliss-reactive ketones (excluding diaryl/α,β-unsaturated/α-hetero) is 1. The van der Waals surface area contributed by atoms with Crippen LogP contribution in [0.5, 0.6) is 5.75 Å². The molecule has 0 fully saturated rings. The monoisotopic (exact) mass is 556 g/mol. The first kappa shape index (κ1) is 28.8. The molecule has 40 heavy (non-hydrogen) atoms. The average Bonchev–Trinajstić information content (AvgIpc) is 3.27. The average molecular weight is 557 g/mol. The first-order valence-corrected chi connectivity index (χ1v) is 12.7. The maximum Gasteiger partial charge on any atom is 0.322 e. The molecule has 1 amide bonds. The van der Waals surface area contributed by atoms with Gasteiger partial charge in [-0.15, -0.1) is 0 Å². The number of rotatable bonds is 11. The van der Waals surface area contributed by atoms with E-state index in [-0.39, 0.29) is 37.5 Å². The number of amides is 1. The fourth-order valence-electron chi connectivity index (χ4n) is 4.36. The van der Waals surface area contributed by atoms with Crippen molar-refractivity contribution in [3.63, 3.8) is 0 Å². The van der Waals surface area contributed by atoms with E-state index in [0.29, 0.717) is 35.0 Å². The lowest BCUT2D eigenvalue weighted by Crippen LogP contribution is -2.55. The summed E-state index contributed by atoms with van der Waals surface area (Å²) in [5.41, 5.74) is 1.70. The summed E-state index contributed by atoms with van der Waals surface area (Å²) in [5.74, 6) is -1.98. The zero-order valence-corrected chi connectivity index (χ0v) is 21.4. The van der Waals surface area contributed by atoms with Crippen LogP contribution in [0.25, 0.3) is 0 Å². The van der Waals surface area contributed by atoms with Gasteiger partial charge in [-0.05, 0) is 36.2 Å². The number of aliphatic imine (C=N–C) groups is 1. The topological polar surface area (TPSA) is 225 Å². The zero-order chi connectivity index (χ0) is 28.8. The lowest BCUT2D eigenvalue weighted by atomic mass is 10.0. The quantitative estimate of drug-likeness (QED) is 0.152. The summed E-state index contributed by atoms with van der Waals surface area (Å²) in [7, 11) is 0. The summed E-state index contributed by atoms with van der Waals surface area (Å²) in [4.78, 5) is 40.8. The van der Waals surface area contributed by atoms with Crippen molar-refractivity contribution < 1.29 is 39.9 Å². The van der Waals surface area contributed by atoms with Crippen molar-refractivity contribution in [3.05, 3.63) is 53.6 Å². The Labute approximate surface area is 229 Å². The van der Waals surface area contributed by atoms with Crippen LogP contribution in [0.1, 0.15) is 34.9 Å². The molecule has 14 heteroatoms. The number of fused-ring (bicyclic) bond motifs is 1. The second-order valence-electron chi connectivity index (χ2n) is 9.55. The maximum atomic E-state index is 12.5. The van der Waals surface area contributed by atoms with Crippen molar-refractivity contribution in [2.45, 2.75) is 43.4 Å². The lowest BCUT2D eigenvalue weighted by molar-refractivity contribution is -0.140. The molecule has 0 saturated heterocycles. The summed E-state index contributed by atoms with van der Waals surface area (Å²) in [6.07, 6.45) is -3.41. The summed E-state index contributed by atoms with van der Waals surface area (Å²) in [6, 6.07) is 8.57. The van der Waals surface area contributed by atoms with Crippen molar-refractivity contribution in [1.29, 1.82) is 0 Å². The van der Waals surface area contributed by atoms with Gasteiger partial charge in [-0.25, -0.2) is 0 Å². The van der Waals surface area contributed by atoms with Crippen molar-refractivity contribution in [2.75, 3.05) is 30.3 Å². The second kappa shape index (κ2) is 12.7. The Morgan fingerprint density at radius 1 is 1.15 bits per heavy atom. The number of hydrogen-bond donors (Lipinski definition) is 10. The highest BCUT2D eigenvalue weighted by Crippen LogP contribution is 2.28. The molecule has 4 rings (SSSR count). The Morgan fingerprint density at radius 2 is 1.93 bits per heavy atom. The minimum absolute atomic E-state index is 0.0212. The third-order valence-electron chi connectivity index (χ3n) is 6.47. The Hall–Kier alpha value is -4.24. The SMILES string of the molecule is O=C(CCC(O)c1cc(O)cc(NC2=NCC(O)CN2)c1)NC[C@H](NC(O)C1Nc2ccccc2C1=O)C(=O)O. The molecule has 5 atom stereocenters. The highest BCUT2D eigenvalue weighted by atomic mass is 16.4. The molecule has 2 aromatic rings. The number of β-amino-alcohol motifs (C(OH)–C–C–N with tert-alkyl or cyclic N) is 1. The van der Waals surface area contributed by atoms with E-state index in [1.807, 2.05) is 0 Å². The zero-order valence-electron chi connectivity index (χ0n) is 21.4. The molecule has 0 aromatic heterocycles. The molecule has 2 aliphatic heterocycles. The molecule has 4 unspecified atom stereocenters. The number of phenolic OH excluding ortho intramolecular Hbond substituents is 1. The summed E-state index contributed by atoms with van der Waals surface area (Å²) in [5, 5.41) is 63.8. The Balaban J connectivity index is 1.26. The third kappa shape index (κ3) is 7.24. The fraction of sp³-hybridized carbons (Fsp3) is 0.385. The van der Waals surface area contributed by atoms with Crippen molar-refractivity contribution >= 4 is 35.0 Å². The highest BCUT2D eigenvalue weighted by molar-refractivity contribution is 6.10. The van der Waals surface area contributed by atoms with Crippen molar-refractivity contribution in [3.8, 4) is 5.75 Å². The molecule has 2 aromatic carbocycles. The molecule has 0 aliphatic carbocycles. The van der Waals surface area contributed by atoms with E-state index in [0.717, 1.165) is 0 Å². The molecule has 2 heterocycles. The minimum atomic E-state index is -1.53. The third-order valence-corrected chi connectivity index (χ3v) is 6.47. The second-order valence-corrected chi connectivity index (χ2v) is 9.55. The van der Waals surface area contributed by atoms with Crippen molar-refractivity contribution in [1.82, 2.24) is 16.0 Å². The number of nitrogens with one attached hydrogen (secondary N) is 5. The molecule has 0 radical (unpaired) electrons. The number of guanidine groups is 1. The first-order valence-electron chi connectivity index (χ1n) is 12.7. The molecule has 214 valence electrons. The maximum absolute atomic E-state index is 12.5. The van der Waals surface area contributed by atoms with Crippen LogP contribution in [0.2, 0.25) is 0 Å². The Bertz CT molecular complexity index is 1290. The van der Waals surface area contributed by atoms with Crippen LogP contribution in [-0.2, 0) is 9.59 Å². The van der Waals surface area contributed by atoms with Gasteiger partial charge in [0.1, 0.15) is 24.1 Å². The molecule has 10 N–H and O–H groups in total. The number of phenols is 1. The Morgan fingerprint density at radius 3 is 2.62 bits per heavy atom. The van der Waals surface area contributed by atoms with Crippen LogP contribution in [0.3, 0.4) is 0 Å². The van der Waals surface area contributed by atoms with E-state index in [1.165, 1.54) is 12.1 Å². The van der Waals surface area contributed by atoms with E-state index in [4.69, 9.17) is 0 Å². The number of ketones is 1. The van der Waals surface area contributed by atoms with Gasteiger partial charge >= 0.3 is 5.97 Å². The summed E-state index contributed by atoms with van der Waals surface area (Å²) in [6.45, 7) is 0.162. The van der Waals surface area contributed by atoms with Gasteiger partial charge in [0, 0.05) is 42.5 Å². The van der Waals surface area contributed by atoms with Gasteiger partial charge in [0.2, 0.25) is 5.91 Å². The van der Waals surface area contributed by atoms with Gasteiger partial charge in [-0.2, -0.15) is 0 Å². The normalized spacial score (nSPS) is 20.3. The number of aromatic hydroxyl groups is 1. The number of carbonyl (C=O) groups excluding carboxylic acids is 2. The number of aliphatic carboxylic acids is 1. The number of nitrogens with zero attached hydrogens (tertiary/aromatic N) is 1. The molecular formula is C26H32N6O8. The fourth-order valence-corrected chi connectivity index (χ4v) is 4.36. The molecule has 0 saturated carbocycles. The van der Waals surface area contributed by atoms with Gasteiger partial charge in [0.05, 0.1) is 18.8 Å². The van der Waals surface area contributed by atoms with E-state index < -0.39 is 42.4 Å². The minimum Gasteiger partial charge on any atom is -0.508 e. The van der Waals surface area contributed by atoms with Gasteiger partial charge in [-0.1, -0.05) is 12.1 Å². The number of carbonyl (C=O) groups is 3. The van der Waals surface area contributed by atoms with Crippen LogP contribution < -0.4 is 26.6 Å². The smallest absolute Gasteiger partial charge is 0.322 e. The molecular weight excluding hydrogens is 524 g/mol. The number of aliphatic hydroxyl groups excluding tert-OH is 3. The van der Waals surface area contributed by atoms with Gasteiger partial charge in [0.25, 0.3) is 0 Å². The summed E-state index contributed by atoms with van der Waals surface area (Å²) >= 11 is 0. The molecule has 0 bridgehead atoms. The van der Waals surface area contributed by atoms with Gasteiger partial charge in [-0.3, -0.25) is 24.7 Å². The van der Waals surface area contributed by atoms with E-state index in [2.05, 4.69) is 31.6 Å². The summed E-state index contributed by atoms with van der Waals surface area (Å²) < 4.78 is 0.